The van der Waals surface area contributed by atoms with Crippen molar-refractivity contribution in [3.05, 3.63) is 303 Å². The highest BCUT2D eigenvalue weighted by Crippen LogP contribution is 2.33. The van der Waals surface area contributed by atoms with E-state index < -0.39 is 10.1 Å². The highest BCUT2D eigenvalue weighted by molar-refractivity contribution is 7.97. The van der Waals surface area contributed by atoms with Gasteiger partial charge in [0, 0.05) is 0 Å². The SMILES string of the molecule is Cc1ccc(S(=O)(=O)[O-])cc1.c1ccc([S+](c2ccccc2)c2ccccc2)cc1.c1ccc([S+](c2ccccc2)c2ccccc2)cc1.c1ccc([S+](c2ccccc2)c2ccccc2)cc1. The van der Waals surface area contributed by atoms with Gasteiger partial charge in [-0.15, -0.1) is 0 Å². The third kappa shape index (κ3) is 14.6. The van der Waals surface area contributed by atoms with Crippen LogP contribution in [-0.2, 0) is 42.8 Å². The van der Waals surface area contributed by atoms with Crippen LogP contribution in [0.5, 0.6) is 0 Å². The number of rotatable bonds is 10. The summed E-state index contributed by atoms with van der Waals surface area (Å²) in [5.41, 5.74) is 0.928. The van der Waals surface area contributed by atoms with Gasteiger partial charge in [0.1, 0.15) is 10.1 Å². The summed E-state index contributed by atoms with van der Waals surface area (Å²) in [6.07, 6.45) is 0. The highest BCUT2D eigenvalue weighted by atomic mass is 32.2. The molecule has 10 rings (SSSR count). The molecular weight excluding hydrogens is 909 g/mol. The molecule has 3 nitrogen and oxygen atoms in total. The molecule has 0 atom stereocenters. The Bertz CT molecular complexity index is 2480. The smallest absolute Gasteiger partial charge is 0.166 e. The normalized spacial score (nSPS) is 10.7. The van der Waals surface area contributed by atoms with Crippen molar-refractivity contribution < 1.29 is 13.0 Å². The summed E-state index contributed by atoms with van der Waals surface area (Å²) in [6, 6.07) is 102. The van der Waals surface area contributed by atoms with E-state index in [1.165, 1.54) is 56.2 Å². The van der Waals surface area contributed by atoms with E-state index in [0.717, 1.165) is 5.56 Å². The summed E-state index contributed by atoms with van der Waals surface area (Å²) in [6.45, 7) is 1.82. The minimum absolute atomic E-state index is 0.0146. The number of hydrogen-bond acceptors (Lipinski definition) is 3. The molecular formula is C61H52O3S4+2. The molecule has 0 radical (unpaired) electrons. The van der Waals surface area contributed by atoms with Crippen LogP contribution in [0.1, 0.15) is 5.56 Å². The zero-order valence-corrected chi connectivity index (χ0v) is 40.9. The van der Waals surface area contributed by atoms with Crippen LogP contribution < -0.4 is 0 Å². The van der Waals surface area contributed by atoms with Gasteiger partial charge in [-0.05, 0) is 128 Å². The van der Waals surface area contributed by atoms with Crippen molar-refractivity contribution in [2.75, 3.05) is 0 Å². The van der Waals surface area contributed by atoms with E-state index in [-0.39, 0.29) is 37.6 Å². The van der Waals surface area contributed by atoms with E-state index >= 15 is 0 Å². The van der Waals surface area contributed by atoms with E-state index in [9.17, 15) is 13.0 Å². The van der Waals surface area contributed by atoms with Gasteiger partial charge in [-0.25, -0.2) is 8.42 Å². The summed E-state index contributed by atoms with van der Waals surface area (Å²) in [7, 11) is -4.31. The molecule has 0 bridgehead atoms. The van der Waals surface area contributed by atoms with E-state index in [4.69, 9.17) is 0 Å². The van der Waals surface area contributed by atoms with Crippen LogP contribution >= 0.6 is 0 Å². The maximum atomic E-state index is 10.4. The quantitative estimate of drug-likeness (QED) is 0.101. The molecule has 0 fully saturated rings. The molecule has 68 heavy (non-hydrogen) atoms. The molecule has 0 saturated carbocycles. The molecule has 0 saturated heterocycles. The fourth-order valence-electron chi connectivity index (χ4n) is 6.94. The van der Waals surface area contributed by atoms with E-state index in [1.54, 1.807) is 12.1 Å². The Hall–Kier alpha value is -6.84. The lowest BCUT2D eigenvalue weighted by molar-refractivity contribution is 0.463. The molecule has 10 aromatic carbocycles. The van der Waals surface area contributed by atoms with Gasteiger partial charge in [-0.1, -0.05) is 181 Å². The lowest BCUT2D eigenvalue weighted by atomic mass is 10.2. The summed E-state index contributed by atoms with van der Waals surface area (Å²) in [5.74, 6) is 0. The van der Waals surface area contributed by atoms with Crippen molar-refractivity contribution >= 4 is 42.8 Å². The zero-order valence-electron chi connectivity index (χ0n) is 37.6. The zero-order chi connectivity index (χ0) is 47.2. The van der Waals surface area contributed by atoms with Gasteiger partial charge in [-0.2, -0.15) is 0 Å². The lowest BCUT2D eigenvalue weighted by Gasteiger charge is -2.07. The van der Waals surface area contributed by atoms with Gasteiger partial charge >= 0.3 is 0 Å². The van der Waals surface area contributed by atoms with Crippen LogP contribution in [0, 0.1) is 6.92 Å². The minimum Gasteiger partial charge on any atom is -0.744 e. The maximum absolute atomic E-state index is 10.4. The van der Waals surface area contributed by atoms with Crippen molar-refractivity contribution in [1.29, 1.82) is 0 Å². The van der Waals surface area contributed by atoms with Gasteiger partial charge in [0.25, 0.3) is 0 Å². The van der Waals surface area contributed by atoms with Crippen LogP contribution in [0.4, 0.5) is 0 Å². The summed E-state index contributed by atoms with van der Waals surface area (Å²) >= 11 is 0. The average Bonchev–Trinajstić information content (AvgIpc) is 3.40. The van der Waals surface area contributed by atoms with Crippen molar-refractivity contribution in [2.24, 2.45) is 0 Å². The molecule has 0 spiro atoms. The second-order valence-corrected chi connectivity index (χ2v) is 22.5. The Labute approximate surface area is 411 Å². The molecule has 0 aliphatic carbocycles. The predicted octanol–water partition coefficient (Wildman–Crippen LogP) is 15.2. The molecule has 0 heterocycles. The third-order valence-corrected chi connectivity index (χ3v) is 17.7. The molecule has 0 unspecified atom stereocenters. The Morgan fingerprint density at radius 2 is 0.397 bits per heavy atom. The lowest BCUT2D eigenvalue weighted by Crippen LogP contribution is -2.04. The monoisotopic (exact) mass is 960 g/mol. The molecule has 0 amide bonds. The molecule has 0 aromatic heterocycles. The topological polar surface area (TPSA) is 57.2 Å². The second-order valence-electron chi connectivity index (χ2n) is 15.0. The Morgan fingerprint density at radius 3 is 0.529 bits per heavy atom. The summed E-state index contributed by atoms with van der Waals surface area (Å²) in [5, 5.41) is 0. The average molecular weight is 961 g/mol. The fraction of sp³-hybridized carbons (Fsp3) is 0.0164. The Morgan fingerprint density at radius 1 is 0.250 bits per heavy atom. The van der Waals surface area contributed by atoms with Crippen LogP contribution in [-0.4, -0.2) is 13.0 Å². The van der Waals surface area contributed by atoms with Crippen molar-refractivity contribution in [1.82, 2.24) is 0 Å². The first-order valence-corrected chi connectivity index (χ1v) is 27.1. The molecule has 10 aromatic rings. The molecule has 0 N–H and O–H groups in total. The number of hydrogen-bond donors (Lipinski definition) is 0. The molecule has 0 aliphatic rings. The standard InChI is InChI=1S/3C18H15S.C7H8O3S/c3*1-4-10-16(11-5-1)19(17-12-6-2-7-13-17)18-14-8-3-9-15-18;1-6-2-4-7(5-3-6)11(8,9)10/h3*1-15H;2-5H,1H3,(H,8,9,10)/q3*+1;/p-1. The molecule has 0 aliphatic heterocycles. The largest absolute Gasteiger partial charge is 0.744 e. The maximum Gasteiger partial charge on any atom is 0.166 e. The first-order chi connectivity index (χ1) is 33.3. The van der Waals surface area contributed by atoms with Gasteiger partial charge < -0.3 is 4.55 Å². The first kappa shape index (κ1) is 49.1. The van der Waals surface area contributed by atoms with Crippen LogP contribution in [0.25, 0.3) is 0 Å². The predicted molar refractivity (Wildman–Crippen MR) is 284 cm³/mol. The van der Waals surface area contributed by atoms with E-state index in [0.29, 0.717) is 0 Å². The van der Waals surface area contributed by atoms with Crippen LogP contribution in [0.15, 0.2) is 346 Å². The Kier molecular flexibility index (Phi) is 18.7. The van der Waals surface area contributed by atoms with Gasteiger partial charge in [0.15, 0.2) is 44.1 Å². The van der Waals surface area contributed by atoms with Crippen molar-refractivity contribution in [3.8, 4) is 0 Å². The highest BCUT2D eigenvalue weighted by Gasteiger charge is 2.29. The van der Waals surface area contributed by atoms with Crippen LogP contribution in [0.3, 0.4) is 0 Å². The van der Waals surface area contributed by atoms with E-state index in [2.05, 4.69) is 273 Å². The third-order valence-electron chi connectivity index (χ3n) is 10.1. The fourth-order valence-corrected chi connectivity index (χ4v) is 13.7. The molecule has 336 valence electrons. The van der Waals surface area contributed by atoms with Crippen molar-refractivity contribution in [3.63, 3.8) is 0 Å². The van der Waals surface area contributed by atoms with Crippen molar-refractivity contribution in [2.45, 2.75) is 55.9 Å². The van der Waals surface area contributed by atoms with Gasteiger partial charge in [0.2, 0.25) is 0 Å². The van der Waals surface area contributed by atoms with Gasteiger partial charge in [0.05, 0.1) is 37.6 Å². The summed E-state index contributed by atoms with van der Waals surface area (Å²) in [4.78, 5) is 12.1. The number of aryl methyl sites for hydroxylation is 1. The van der Waals surface area contributed by atoms with E-state index in [1.807, 2.05) is 6.92 Å². The van der Waals surface area contributed by atoms with Gasteiger partial charge in [-0.3, -0.25) is 0 Å². The second kappa shape index (κ2) is 25.9. The minimum atomic E-state index is -4.27. The number of benzene rings is 10. The first-order valence-electron chi connectivity index (χ1n) is 22.1. The molecule has 7 heteroatoms. The summed E-state index contributed by atoms with van der Waals surface area (Å²) < 4.78 is 31.2. The Balaban J connectivity index is 0.000000137. The van der Waals surface area contributed by atoms with Crippen LogP contribution in [0.2, 0.25) is 0 Å².